The number of halogens is 1. The summed E-state index contributed by atoms with van der Waals surface area (Å²) in [7, 11) is -2.34. The summed E-state index contributed by atoms with van der Waals surface area (Å²) in [6, 6.07) is 10.2. The molecule has 10 heteroatoms. The van der Waals surface area contributed by atoms with Crippen molar-refractivity contribution in [1.29, 1.82) is 0 Å². The van der Waals surface area contributed by atoms with Gasteiger partial charge in [-0.25, -0.2) is 12.8 Å². The zero-order chi connectivity index (χ0) is 22.6. The molecular formula is C21H21FN2O5S2. The van der Waals surface area contributed by atoms with Crippen LogP contribution in [0.4, 0.5) is 4.39 Å². The lowest BCUT2D eigenvalue weighted by Gasteiger charge is -2.04. The van der Waals surface area contributed by atoms with Gasteiger partial charge in [-0.15, -0.1) is 0 Å². The van der Waals surface area contributed by atoms with Gasteiger partial charge in [0.05, 0.1) is 28.0 Å². The van der Waals surface area contributed by atoms with Crippen LogP contribution in [0.2, 0.25) is 0 Å². The first-order valence-electron chi connectivity index (χ1n) is 9.42. The summed E-state index contributed by atoms with van der Waals surface area (Å²) in [6.07, 6.45) is -0.00499. The quantitative estimate of drug-likeness (QED) is 0.396. The van der Waals surface area contributed by atoms with E-state index in [9.17, 15) is 22.4 Å². The summed E-state index contributed by atoms with van der Waals surface area (Å²) >= 11 is 1.27. The van der Waals surface area contributed by atoms with Crippen LogP contribution < -0.4 is 4.80 Å². The monoisotopic (exact) mass is 464 g/mol. The molecule has 0 fully saturated rings. The van der Waals surface area contributed by atoms with Crippen molar-refractivity contribution in [1.82, 2.24) is 4.57 Å². The van der Waals surface area contributed by atoms with Crippen LogP contribution >= 0.6 is 11.3 Å². The Morgan fingerprint density at radius 1 is 1.16 bits per heavy atom. The average molecular weight is 465 g/mol. The molecule has 0 aliphatic heterocycles. The number of ether oxygens (including phenoxy) is 1. The second-order valence-corrected chi connectivity index (χ2v) is 10.0. The summed E-state index contributed by atoms with van der Waals surface area (Å²) in [5.41, 5.74) is 1.79. The predicted molar refractivity (Wildman–Crippen MR) is 115 cm³/mol. The molecule has 1 amide bonds. The Hall–Kier alpha value is -2.85. The van der Waals surface area contributed by atoms with Gasteiger partial charge >= 0.3 is 5.97 Å². The minimum atomic E-state index is -3.62. The average Bonchev–Trinajstić information content (AvgIpc) is 3.03. The van der Waals surface area contributed by atoms with Crippen LogP contribution in [-0.4, -0.2) is 37.7 Å². The molecule has 7 nitrogen and oxygen atoms in total. The van der Waals surface area contributed by atoms with Crippen molar-refractivity contribution < 1.29 is 27.1 Å². The van der Waals surface area contributed by atoms with Gasteiger partial charge < -0.3 is 9.30 Å². The topological polar surface area (TPSA) is 94.8 Å². The van der Waals surface area contributed by atoms with Crippen molar-refractivity contribution in [3.8, 4) is 0 Å². The number of aryl methyl sites for hydroxylation is 1. The number of hydrogen-bond acceptors (Lipinski definition) is 6. The fourth-order valence-electron chi connectivity index (χ4n) is 2.95. The van der Waals surface area contributed by atoms with Gasteiger partial charge in [0, 0.05) is 6.42 Å². The molecule has 1 aromatic heterocycles. The maximum atomic E-state index is 13.0. The van der Waals surface area contributed by atoms with Crippen LogP contribution in [-0.2, 0) is 30.7 Å². The van der Waals surface area contributed by atoms with E-state index in [0.717, 1.165) is 27.9 Å². The zero-order valence-corrected chi connectivity index (χ0v) is 18.6. The molecule has 3 aromatic rings. The molecule has 2 aromatic carbocycles. The Morgan fingerprint density at radius 3 is 2.55 bits per heavy atom. The van der Waals surface area contributed by atoms with E-state index >= 15 is 0 Å². The molecule has 31 heavy (non-hydrogen) atoms. The van der Waals surface area contributed by atoms with Crippen molar-refractivity contribution >= 4 is 43.3 Å². The van der Waals surface area contributed by atoms with E-state index in [1.54, 1.807) is 4.57 Å². The van der Waals surface area contributed by atoms with E-state index in [1.165, 1.54) is 30.6 Å². The first-order valence-corrected chi connectivity index (χ1v) is 11.9. The molecule has 0 aliphatic rings. The largest absolute Gasteiger partial charge is 0.468 e. The number of sulfone groups is 1. The Morgan fingerprint density at radius 2 is 1.87 bits per heavy atom. The van der Waals surface area contributed by atoms with E-state index in [1.807, 2.05) is 25.1 Å². The molecule has 0 aliphatic carbocycles. The van der Waals surface area contributed by atoms with Crippen LogP contribution in [0.5, 0.6) is 0 Å². The summed E-state index contributed by atoms with van der Waals surface area (Å²) in [5, 5.41) is 0. The van der Waals surface area contributed by atoms with Crippen molar-refractivity contribution in [2.24, 2.45) is 4.99 Å². The number of carbonyl (C=O) groups is 2. The van der Waals surface area contributed by atoms with E-state index < -0.39 is 27.5 Å². The lowest BCUT2D eigenvalue weighted by atomic mass is 10.2. The highest BCUT2D eigenvalue weighted by atomic mass is 32.2. The molecule has 0 saturated heterocycles. The third-order valence-corrected chi connectivity index (χ3v) is 7.41. The number of nitrogens with zero attached hydrogens (tertiary/aromatic N) is 2. The van der Waals surface area contributed by atoms with Crippen LogP contribution in [0.25, 0.3) is 10.2 Å². The summed E-state index contributed by atoms with van der Waals surface area (Å²) in [5.74, 6) is -1.74. The first kappa shape index (κ1) is 22.8. The number of benzene rings is 2. The summed E-state index contributed by atoms with van der Waals surface area (Å²) in [4.78, 5) is 28.7. The summed E-state index contributed by atoms with van der Waals surface area (Å²) in [6.45, 7) is 1.85. The van der Waals surface area contributed by atoms with E-state index in [2.05, 4.69) is 4.99 Å². The van der Waals surface area contributed by atoms with E-state index in [-0.39, 0.29) is 30.0 Å². The molecule has 0 atom stereocenters. The molecule has 164 valence electrons. The van der Waals surface area contributed by atoms with E-state index in [4.69, 9.17) is 4.74 Å². The van der Waals surface area contributed by atoms with Gasteiger partial charge in [0.15, 0.2) is 14.6 Å². The van der Waals surface area contributed by atoms with Gasteiger partial charge in [-0.2, -0.15) is 4.99 Å². The number of amides is 1. The van der Waals surface area contributed by atoms with Gasteiger partial charge in [0.1, 0.15) is 12.4 Å². The van der Waals surface area contributed by atoms with Crippen molar-refractivity contribution in [2.45, 2.75) is 31.2 Å². The van der Waals surface area contributed by atoms with Gasteiger partial charge in [-0.05, 0) is 55.3 Å². The fourth-order valence-corrected chi connectivity index (χ4v) is 5.40. The Bertz CT molecular complexity index is 1290. The second-order valence-electron chi connectivity index (χ2n) is 6.90. The highest BCUT2D eigenvalue weighted by molar-refractivity contribution is 7.91. The zero-order valence-electron chi connectivity index (χ0n) is 17.0. The van der Waals surface area contributed by atoms with Crippen LogP contribution in [0, 0.1) is 12.7 Å². The van der Waals surface area contributed by atoms with Gasteiger partial charge in [0.2, 0.25) is 5.91 Å². The molecule has 0 N–H and O–H groups in total. The van der Waals surface area contributed by atoms with Crippen LogP contribution in [0.1, 0.15) is 18.4 Å². The number of methoxy groups -OCH3 is 1. The maximum Gasteiger partial charge on any atom is 0.325 e. The van der Waals surface area contributed by atoms with Gasteiger partial charge in [0.25, 0.3) is 0 Å². The molecule has 0 radical (unpaired) electrons. The molecule has 0 unspecified atom stereocenters. The second kappa shape index (κ2) is 9.52. The Balaban J connectivity index is 1.78. The normalized spacial score (nSPS) is 12.3. The van der Waals surface area contributed by atoms with Crippen molar-refractivity contribution in [2.75, 3.05) is 12.9 Å². The smallest absolute Gasteiger partial charge is 0.325 e. The predicted octanol–water partition coefficient (Wildman–Crippen LogP) is 3.00. The highest BCUT2D eigenvalue weighted by Gasteiger charge is 2.16. The fraction of sp³-hybridized carbons (Fsp3) is 0.286. The number of hydrogen-bond donors (Lipinski definition) is 0. The number of aromatic nitrogens is 1. The Labute approximate surface area is 182 Å². The molecule has 1 heterocycles. The number of thiazole rings is 1. The molecule has 0 spiro atoms. The highest BCUT2D eigenvalue weighted by Crippen LogP contribution is 2.19. The van der Waals surface area contributed by atoms with Crippen molar-refractivity contribution in [3.63, 3.8) is 0 Å². The standard InChI is InChI=1S/C21H21FN2O5S2/c1-14-5-10-17-18(12-14)30-21(24(17)13-20(26)29-2)23-19(25)4-3-11-31(27,28)16-8-6-15(22)7-9-16/h5-10,12H,3-4,11,13H2,1-2H3. The third kappa shape index (κ3) is 5.65. The lowest BCUT2D eigenvalue weighted by molar-refractivity contribution is -0.141. The summed E-state index contributed by atoms with van der Waals surface area (Å²) < 4.78 is 44.9. The number of rotatable bonds is 7. The third-order valence-electron chi connectivity index (χ3n) is 4.55. The number of fused-ring (bicyclic) bond motifs is 1. The Kier molecular flexibility index (Phi) is 7.01. The van der Waals surface area contributed by atoms with Crippen LogP contribution in [0.3, 0.4) is 0 Å². The first-order chi connectivity index (χ1) is 14.7. The number of esters is 1. The molecule has 3 rings (SSSR count). The van der Waals surface area contributed by atoms with Crippen LogP contribution in [0.15, 0.2) is 52.4 Å². The van der Waals surface area contributed by atoms with E-state index in [0.29, 0.717) is 4.80 Å². The molecule has 0 bridgehead atoms. The van der Waals surface area contributed by atoms with Gasteiger partial charge in [-0.1, -0.05) is 17.4 Å². The minimum absolute atomic E-state index is 0.00841. The van der Waals surface area contributed by atoms with Gasteiger partial charge in [-0.3, -0.25) is 9.59 Å². The maximum absolute atomic E-state index is 13.0. The molecule has 0 saturated carbocycles. The SMILES string of the molecule is COC(=O)Cn1c(=NC(=O)CCCS(=O)(=O)c2ccc(F)cc2)sc2cc(C)ccc21. The van der Waals surface area contributed by atoms with Crippen molar-refractivity contribution in [3.05, 3.63) is 58.6 Å². The molecular weight excluding hydrogens is 443 g/mol. The number of carbonyl (C=O) groups excluding carboxylic acids is 2. The lowest BCUT2D eigenvalue weighted by Crippen LogP contribution is -2.22. The minimum Gasteiger partial charge on any atom is -0.468 e.